The van der Waals surface area contributed by atoms with Crippen LogP contribution in [0, 0.1) is 11.7 Å². The highest BCUT2D eigenvalue weighted by Crippen LogP contribution is 2.27. The van der Waals surface area contributed by atoms with Gasteiger partial charge in [-0.1, -0.05) is 30.2 Å². The maximum atomic E-state index is 13.9. The number of nitrogens with zero attached hydrogens (tertiary/aromatic N) is 2. The molecule has 0 aliphatic carbocycles. The summed E-state index contributed by atoms with van der Waals surface area (Å²) in [6.07, 6.45) is 5.82. The molecule has 130 valence electrons. The van der Waals surface area contributed by atoms with Crippen molar-refractivity contribution in [2.24, 2.45) is 5.92 Å². The fourth-order valence-corrected chi connectivity index (χ4v) is 3.09. The van der Waals surface area contributed by atoms with Crippen LogP contribution in [-0.4, -0.2) is 29.0 Å². The summed E-state index contributed by atoms with van der Waals surface area (Å²) in [5, 5.41) is 3.35. The number of aromatic nitrogens is 1. The smallest absolute Gasteiger partial charge is 0.321 e. The number of hydrogen-bond acceptors (Lipinski definition) is 2. The molecule has 1 fully saturated rings. The van der Waals surface area contributed by atoms with Crippen molar-refractivity contribution in [2.45, 2.75) is 13.3 Å². The SMILES string of the molecule is CC1CN(C(=O)Nc2cccnc2)CC/C1=C\c1cc(Cl)ccc1F. The summed E-state index contributed by atoms with van der Waals surface area (Å²) in [5.41, 5.74) is 2.27. The summed E-state index contributed by atoms with van der Waals surface area (Å²) in [4.78, 5) is 18.1. The van der Waals surface area contributed by atoms with E-state index in [2.05, 4.69) is 10.3 Å². The molecule has 2 aromatic rings. The third kappa shape index (κ3) is 4.37. The number of carbonyl (C=O) groups is 1. The molecule has 1 saturated heterocycles. The molecule has 1 N–H and O–H groups in total. The van der Waals surface area contributed by atoms with Crippen molar-refractivity contribution in [3.8, 4) is 0 Å². The number of benzene rings is 1. The van der Waals surface area contributed by atoms with E-state index < -0.39 is 0 Å². The van der Waals surface area contributed by atoms with Gasteiger partial charge in [0.05, 0.1) is 11.9 Å². The van der Waals surface area contributed by atoms with Gasteiger partial charge in [-0.2, -0.15) is 0 Å². The highest BCUT2D eigenvalue weighted by atomic mass is 35.5. The van der Waals surface area contributed by atoms with Crippen molar-refractivity contribution in [3.63, 3.8) is 0 Å². The summed E-state index contributed by atoms with van der Waals surface area (Å²) in [6, 6.07) is 7.95. The summed E-state index contributed by atoms with van der Waals surface area (Å²) in [7, 11) is 0. The highest BCUT2D eigenvalue weighted by molar-refractivity contribution is 6.30. The fraction of sp³-hybridized carbons (Fsp3) is 0.263. The highest BCUT2D eigenvalue weighted by Gasteiger charge is 2.24. The van der Waals surface area contributed by atoms with Gasteiger partial charge in [0.25, 0.3) is 0 Å². The summed E-state index contributed by atoms with van der Waals surface area (Å²) < 4.78 is 13.9. The van der Waals surface area contributed by atoms with Gasteiger partial charge in [0.2, 0.25) is 0 Å². The lowest BCUT2D eigenvalue weighted by atomic mass is 9.91. The molecule has 1 aliphatic heterocycles. The minimum atomic E-state index is -0.291. The van der Waals surface area contributed by atoms with Crippen LogP contribution in [0.1, 0.15) is 18.9 Å². The van der Waals surface area contributed by atoms with Crippen molar-refractivity contribution in [3.05, 3.63) is 64.7 Å². The Balaban J connectivity index is 1.67. The molecule has 1 aliphatic rings. The zero-order valence-corrected chi connectivity index (χ0v) is 14.6. The van der Waals surface area contributed by atoms with Crippen molar-refractivity contribution < 1.29 is 9.18 Å². The molecule has 0 radical (unpaired) electrons. The van der Waals surface area contributed by atoms with E-state index in [9.17, 15) is 9.18 Å². The summed E-state index contributed by atoms with van der Waals surface area (Å²) in [5.74, 6) is -0.146. The number of amides is 2. The van der Waals surface area contributed by atoms with Crippen molar-refractivity contribution in [1.29, 1.82) is 0 Å². The van der Waals surface area contributed by atoms with Crippen molar-refractivity contribution in [2.75, 3.05) is 18.4 Å². The fourth-order valence-electron chi connectivity index (χ4n) is 2.91. The van der Waals surface area contributed by atoms with Gasteiger partial charge < -0.3 is 10.2 Å². The third-order valence-electron chi connectivity index (χ3n) is 4.30. The number of carbonyl (C=O) groups excluding carboxylic acids is 1. The van der Waals surface area contributed by atoms with Crippen LogP contribution >= 0.6 is 11.6 Å². The van der Waals surface area contributed by atoms with E-state index in [1.807, 2.05) is 13.0 Å². The molecule has 6 heteroatoms. The first-order chi connectivity index (χ1) is 12.0. The zero-order valence-electron chi connectivity index (χ0n) is 13.9. The second kappa shape index (κ2) is 7.66. The number of pyridine rings is 1. The first-order valence-corrected chi connectivity index (χ1v) is 8.52. The number of halogens is 2. The number of piperidine rings is 1. The standard InChI is InChI=1S/C19H19ClFN3O/c1-13-12-24(19(25)23-17-3-2-7-22-11-17)8-6-14(13)9-15-10-16(20)4-5-18(15)21/h2-5,7,9-11,13H,6,8,12H2,1H3,(H,23,25)/b14-9+. The van der Waals surface area contributed by atoms with Gasteiger partial charge in [-0.25, -0.2) is 9.18 Å². The van der Waals surface area contributed by atoms with Gasteiger partial charge in [-0.15, -0.1) is 0 Å². The second-order valence-electron chi connectivity index (χ2n) is 6.15. The van der Waals surface area contributed by atoms with Crippen LogP contribution in [0.15, 0.2) is 48.3 Å². The van der Waals surface area contributed by atoms with E-state index in [1.165, 1.54) is 12.1 Å². The van der Waals surface area contributed by atoms with Crippen LogP contribution in [0.3, 0.4) is 0 Å². The lowest BCUT2D eigenvalue weighted by molar-refractivity contribution is 0.198. The minimum absolute atomic E-state index is 0.145. The molecule has 25 heavy (non-hydrogen) atoms. The Morgan fingerprint density at radius 3 is 3.00 bits per heavy atom. The number of hydrogen-bond donors (Lipinski definition) is 1. The van der Waals surface area contributed by atoms with Gasteiger partial charge in [0, 0.05) is 29.9 Å². The van der Waals surface area contributed by atoms with E-state index in [-0.39, 0.29) is 17.8 Å². The van der Waals surface area contributed by atoms with Crippen molar-refractivity contribution >= 4 is 29.4 Å². The Morgan fingerprint density at radius 2 is 2.28 bits per heavy atom. The molecule has 3 rings (SSSR count). The van der Waals surface area contributed by atoms with Crippen LogP contribution in [0.2, 0.25) is 5.02 Å². The Bertz CT molecular complexity index is 795. The second-order valence-corrected chi connectivity index (χ2v) is 6.59. The van der Waals surface area contributed by atoms with Crippen LogP contribution in [-0.2, 0) is 0 Å². The number of urea groups is 1. The average molecular weight is 360 g/mol. The molecule has 0 bridgehead atoms. The van der Waals surface area contributed by atoms with Gasteiger partial charge in [0.15, 0.2) is 0 Å². The predicted molar refractivity (Wildman–Crippen MR) is 98.0 cm³/mol. The van der Waals surface area contributed by atoms with E-state index >= 15 is 0 Å². The normalized spacial score (nSPS) is 19.1. The molecule has 1 aromatic carbocycles. The molecular formula is C19H19ClFN3O. The average Bonchev–Trinajstić information content (AvgIpc) is 2.60. The van der Waals surface area contributed by atoms with Crippen LogP contribution < -0.4 is 5.32 Å². The van der Waals surface area contributed by atoms with Gasteiger partial charge in [0.1, 0.15) is 5.82 Å². The Morgan fingerprint density at radius 1 is 1.44 bits per heavy atom. The number of likely N-dealkylation sites (tertiary alicyclic amines) is 1. The molecule has 0 spiro atoms. The molecule has 4 nitrogen and oxygen atoms in total. The molecule has 1 aromatic heterocycles. The molecule has 2 amide bonds. The largest absolute Gasteiger partial charge is 0.324 e. The van der Waals surface area contributed by atoms with E-state index in [0.29, 0.717) is 35.8 Å². The van der Waals surface area contributed by atoms with Crippen molar-refractivity contribution in [1.82, 2.24) is 9.88 Å². The quantitative estimate of drug-likeness (QED) is 0.834. The first-order valence-electron chi connectivity index (χ1n) is 8.14. The summed E-state index contributed by atoms with van der Waals surface area (Å²) >= 11 is 5.95. The monoisotopic (exact) mass is 359 g/mol. The molecular weight excluding hydrogens is 341 g/mol. The summed E-state index contributed by atoms with van der Waals surface area (Å²) in [6.45, 7) is 3.21. The predicted octanol–water partition coefficient (Wildman–Crippen LogP) is 4.83. The van der Waals surface area contributed by atoms with E-state index in [4.69, 9.17) is 11.6 Å². The number of nitrogens with one attached hydrogen (secondary N) is 1. The lowest BCUT2D eigenvalue weighted by Gasteiger charge is -2.33. The van der Waals surface area contributed by atoms with Gasteiger partial charge >= 0.3 is 6.03 Å². The lowest BCUT2D eigenvalue weighted by Crippen LogP contribution is -2.42. The first kappa shape index (κ1) is 17.4. The number of rotatable bonds is 2. The third-order valence-corrected chi connectivity index (χ3v) is 4.53. The topological polar surface area (TPSA) is 45.2 Å². The van der Waals surface area contributed by atoms with Gasteiger partial charge in [-0.3, -0.25) is 4.98 Å². The van der Waals surface area contributed by atoms with E-state index in [1.54, 1.807) is 35.5 Å². The Hall–Kier alpha value is -2.40. The van der Waals surface area contributed by atoms with Gasteiger partial charge in [-0.05, 0) is 42.7 Å². The molecule has 0 saturated carbocycles. The minimum Gasteiger partial charge on any atom is -0.324 e. The maximum Gasteiger partial charge on any atom is 0.321 e. The van der Waals surface area contributed by atoms with Crippen LogP contribution in [0.25, 0.3) is 6.08 Å². The zero-order chi connectivity index (χ0) is 17.8. The molecule has 1 atom stereocenters. The molecule has 2 heterocycles. The Labute approximate surface area is 151 Å². The number of anilines is 1. The van der Waals surface area contributed by atoms with Crippen LogP contribution in [0.5, 0.6) is 0 Å². The molecule has 1 unspecified atom stereocenters. The maximum absolute atomic E-state index is 13.9. The Kier molecular flexibility index (Phi) is 5.34. The van der Waals surface area contributed by atoms with E-state index in [0.717, 1.165) is 5.57 Å². The van der Waals surface area contributed by atoms with Crippen LogP contribution in [0.4, 0.5) is 14.9 Å².